The lowest BCUT2D eigenvalue weighted by Gasteiger charge is -2.43. The van der Waals surface area contributed by atoms with Crippen LogP contribution in [0.5, 0.6) is 0 Å². The first-order valence-electron chi connectivity index (χ1n) is 12.3. The Balaban J connectivity index is 2.01. The van der Waals surface area contributed by atoms with Crippen LogP contribution in [0, 0.1) is 0 Å². The standard InChI is InChI=1S/C27H40N2Si3/c1-2-3-4-14-21-29(31-28-30)32(22-25-15-8-5-9-16-25,23-26-17-10-6-11-18-26)24-27-19-12-7-13-20-27/h5-13,15-20,28H,2-4,14,21-24,31H2,1,30H3. The molecule has 0 aromatic heterocycles. The predicted molar refractivity (Wildman–Crippen MR) is 149 cm³/mol. The molecule has 0 fully saturated rings. The number of nitrogens with one attached hydrogen (secondary N) is 1. The summed E-state index contributed by atoms with van der Waals surface area (Å²) in [5.41, 5.74) is 4.52. The van der Waals surface area contributed by atoms with E-state index in [2.05, 4.69) is 107 Å². The molecule has 0 spiro atoms. The van der Waals surface area contributed by atoms with Crippen LogP contribution >= 0.6 is 0 Å². The Morgan fingerprint density at radius 2 is 1.12 bits per heavy atom. The summed E-state index contributed by atoms with van der Waals surface area (Å²) in [6.07, 6.45) is 5.34. The van der Waals surface area contributed by atoms with Gasteiger partial charge in [-0.3, -0.25) is 0 Å². The third kappa shape index (κ3) is 7.67. The van der Waals surface area contributed by atoms with Gasteiger partial charge in [-0.15, -0.1) is 0 Å². The first kappa shape index (κ1) is 24.9. The Kier molecular flexibility index (Phi) is 10.6. The lowest BCUT2D eigenvalue weighted by Crippen LogP contribution is -2.63. The minimum Gasteiger partial charge on any atom is -0.360 e. The fraction of sp³-hybridized carbons (Fsp3) is 0.333. The van der Waals surface area contributed by atoms with Crippen LogP contribution in [0.4, 0.5) is 0 Å². The molecule has 170 valence electrons. The monoisotopic (exact) mass is 476 g/mol. The topological polar surface area (TPSA) is 15.3 Å². The second-order valence-electron chi connectivity index (χ2n) is 9.05. The number of unbranched alkanes of at least 4 members (excludes halogenated alkanes) is 3. The van der Waals surface area contributed by atoms with E-state index in [9.17, 15) is 0 Å². The second-order valence-corrected chi connectivity index (χ2v) is 17.7. The van der Waals surface area contributed by atoms with E-state index in [0.29, 0.717) is 0 Å². The molecule has 0 aliphatic rings. The molecule has 0 bridgehead atoms. The van der Waals surface area contributed by atoms with Gasteiger partial charge in [0.25, 0.3) is 0 Å². The highest BCUT2D eigenvalue weighted by atomic mass is 28.4. The van der Waals surface area contributed by atoms with Crippen molar-refractivity contribution in [2.45, 2.75) is 50.7 Å². The van der Waals surface area contributed by atoms with Gasteiger partial charge < -0.3 is 8.88 Å². The average molecular weight is 477 g/mol. The van der Waals surface area contributed by atoms with Gasteiger partial charge in [-0.05, 0) is 47.8 Å². The van der Waals surface area contributed by atoms with Crippen molar-refractivity contribution in [3.63, 3.8) is 0 Å². The van der Waals surface area contributed by atoms with Crippen molar-refractivity contribution < 1.29 is 0 Å². The van der Waals surface area contributed by atoms with E-state index in [-0.39, 0.29) is 0 Å². The zero-order valence-corrected chi connectivity index (χ0v) is 24.4. The summed E-state index contributed by atoms with van der Waals surface area (Å²) in [5, 5.41) is 0. The molecule has 32 heavy (non-hydrogen) atoms. The molecule has 0 atom stereocenters. The van der Waals surface area contributed by atoms with Crippen molar-refractivity contribution in [3.05, 3.63) is 108 Å². The molecule has 0 saturated heterocycles. The fourth-order valence-electron chi connectivity index (χ4n) is 4.85. The van der Waals surface area contributed by atoms with Gasteiger partial charge in [0.1, 0.15) is 8.24 Å². The Labute approximate surface area is 202 Å². The predicted octanol–water partition coefficient (Wildman–Crippen LogP) is 4.03. The van der Waals surface area contributed by atoms with Crippen LogP contribution in [-0.4, -0.2) is 39.3 Å². The molecule has 0 saturated carbocycles. The minimum atomic E-state index is -1.87. The quantitative estimate of drug-likeness (QED) is 0.279. The van der Waals surface area contributed by atoms with Crippen molar-refractivity contribution >= 4 is 28.5 Å². The zero-order valence-electron chi connectivity index (χ0n) is 20.0. The maximum atomic E-state index is 3.81. The Hall–Kier alpha value is -1.77. The number of hydrogen-bond acceptors (Lipinski definition) is 2. The lowest BCUT2D eigenvalue weighted by atomic mass is 10.2. The van der Waals surface area contributed by atoms with Crippen LogP contribution in [0.2, 0.25) is 0 Å². The SMILES string of the molecule is CCCCCCN([SiH2]N[SiH3])[Si](Cc1ccccc1)(Cc1ccccc1)Cc1ccccc1. The van der Waals surface area contributed by atoms with Gasteiger partial charge in [0.05, 0.1) is 10.4 Å². The van der Waals surface area contributed by atoms with Gasteiger partial charge in [0, 0.05) is 0 Å². The summed E-state index contributed by atoms with van der Waals surface area (Å²) in [5.74, 6) is 0. The molecule has 5 heteroatoms. The zero-order chi connectivity index (χ0) is 22.5. The van der Waals surface area contributed by atoms with E-state index in [4.69, 9.17) is 0 Å². The molecule has 0 aliphatic carbocycles. The van der Waals surface area contributed by atoms with Gasteiger partial charge in [0.2, 0.25) is 0 Å². The molecular weight excluding hydrogens is 437 g/mol. The first-order valence-corrected chi connectivity index (χ1v) is 17.2. The third-order valence-electron chi connectivity index (χ3n) is 6.43. The summed E-state index contributed by atoms with van der Waals surface area (Å²) in [7, 11) is -1.23. The van der Waals surface area contributed by atoms with E-state index in [0.717, 1.165) is 10.4 Å². The van der Waals surface area contributed by atoms with E-state index < -0.39 is 18.1 Å². The minimum absolute atomic E-state index is 0.444. The number of rotatable bonds is 14. The van der Waals surface area contributed by atoms with E-state index in [1.54, 1.807) is 0 Å². The average Bonchev–Trinajstić information content (AvgIpc) is 2.83. The van der Waals surface area contributed by atoms with E-state index in [1.807, 2.05) is 0 Å². The lowest BCUT2D eigenvalue weighted by molar-refractivity contribution is 0.545. The fourth-order valence-corrected chi connectivity index (χ4v) is 15.2. The van der Waals surface area contributed by atoms with Crippen molar-refractivity contribution in [2.24, 2.45) is 0 Å². The van der Waals surface area contributed by atoms with Gasteiger partial charge >= 0.3 is 0 Å². The van der Waals surface area contributed by atoms with Crippen molar-refractivity contribution in [1.82, 2.24) is 8.88 Å². The first-order chi connectivity index (χ1) is 15.8. The normalized spacial score (nSPS) is 12.2. The maximum Gasteiger partial charge on any atom is 0.156 e. The van der Waals surface area contributed by atoms with Crippen LogP contribution in [0.1, 0.15) is 49.3 Å². The highest BCUT2D eigenvalue weighted by Gasteiger charge is 2.39. The second kappa shape index (κ2) is 13.7. The number of hydrogen-bond donors (Lipinski definition) is 1. The molecule has 0 radical (unpaired) electrons. The van der Waals surface area contributed by atoms with E-state index >= 15 is 0 Å². The van der Waals surface area contributed by atoms with E-state index in [1.165, 1.54) is 67.1 Å². The molecule has 2 nitrogen and oxygen atoms in total. The Morgan fingerprint density at radius 1 is 0.688 bits per heavy atom. The van der Waals surface area contributed by atoms with Crippen LogP contribution < -0.4 is 4.65 Å². The smallest absolute Gasteiger partial charge is 0.156 e. The van der Waals surface area contributed by atoms with Crippen LogP contribution in [-0.2, 0) is 18.1 Å². The summed E-state index contributed by atoms with van der Waals surface area (Å²) in [6.45, 7) is 3.57. The van der Waals surface area contributed by atoms with Gasteiger partial charge in [-0.2, -0.15) is 0 Å². The summed E-state index contributed by atoms with van der Waals surface area (Å²) in [4.78, 5) is 0. The molecule has 0 heterocycles. The summed E-state index contributed by atoms with van der Waals surface area (Å²) >= 11 is 0. The molecule has 3 aromatic carbocycles. The number of nitrogens with zero attached hydrogens (tertiary/aromatic N) is 1. The summed E-state index contributed by atoms with van der Waals surface area (Å²) < 4.78 is 6.85. The number of benzene rings is 3. The Morgan fingerprint density at radius 3 is 1.50 bits per heavy atom. The van der Waals surface area contributed by atoms with Gasteiger partial charge in [0.15, 0.2) is 9.84 Å². The van der Waals surface area contributed by atoms with Crippen LogP contribution in [0.3, 0.4) is 0 Å². The Bertz CT molecular complexity index is 774. The highest BCUT2D eigenvalue weighted by Crippen LogP contribution is 2.26. The molecule has 0 unspecified atom stereocenters. The van der Waals surface area contributed by atoms with Crippen molar-refractivity contribution in [3.8, 4) is 0 Å². The van der Waals surface area contributed by atoms with Gasteiger partial charge in [-0.25, -0.2) is 0 Å². The van der Waals surface area contributed by atoms with Crippen LogP contribution in [0.15, 0.2) is 91.0 Å². The maximum absolute atomic E-state index is 3.81. The van der Waals surface area contributed by atoms with Gasteiger partial charge in [-0.1, -0.05) is 117 Å². The van der Waals surface area contributed by atoms with Crippen molar-refractivity contribution in [2.75, 3.05) is 6.54 Å². The molecule has 0 aliphatic heterocycles. The highest BCUT2D eigenvalue weighted by molar-refractivity contribution is 6.81. The molecule has 3 aromatic rings. The molecule has 0 amide bonds. The summed E-state index contributed by atoms with van der Waals surface area (Å²) in [6, 6.07) is 37.5. The van der Waals surface area contributed by atoms with Crippen LogP contribution in [0.25, 0.3) is 0 Å². The molecular formula is C27H40N2Si3. The third-order valence-corrected chi connectivity index (χ3v) is 15.6. The molecule has 3 rings (SSSR count). The largest absolute Gasteiger partial charge is 0.360 e. The molecule has 1 N–H and O–H groups in total. The van der Waals surface area contributed by atoms with Crippen molar-refractivity contribution in [1.29, 1.82) is 0 Å².